The van der Waals surface area contributed by atoms with Crippen LogP contribution in [-0.4, -0.2) is 77.4 Å². The molecule has 3 rings (SSSR count). The van der Waals surface area contributed by atoms with Gasteiger partial charge in [0, 0.05) is 49.3 Å². The number of alkyl halides is 3. The molecule has 192 valence electrons. The first-order chi connectivity index (χ1) is 16.5. The number of amidine groups is 1. The molecule has 8 nitrogen and oxygen atoms in total. The van der Waals surface area contributed by atoms with Crippen LogP contribution in [0.5, 0.6) is 0 Å². The Labute approximate surface area is 203 Å². The molecule has 0 spiro atoms. The van der Waals surface area contributed by atoms with Gasteiger partial charge in [-0.1, -0.05) is 32.0 Å². The van der Waals surface area contributed by atoms with Gasteiger partial charge in [0.15, 0.2) is 11.8 Å². The number of halogens is 3. The molecule has 0 bridgehead atoms. The van der Waals surface area contributed by atoms with Crippen LogP contribution in [0.15, 0.2) is 30.5 Å². The Morgan fingerprint density at radius 1 is 1.11 bits per heavy atom. The monoisotopic (exact) mass is 493 g/mol. The average molecular weight is 494 g/mol. The number of H-pyrrole nitrogens is 1. The predicted molar refractivity (Wildman–Crippen MR) is 131 cm³/mol. The van der Waals surface area contributed by atoms with Crippen LogP contribution in [0.2, 0.25) is 0 Å². The molecule has 35 heavy (non-hydrogen) atoms. The number of nitrogens with zero attached hydrogens (tertiary/aromatic N) is 2. The second-order valence-corrected chi connectivity index (χ2v) is 9.43. The maximum atomic E-state index is 12.8. The summed E-state index contributed by atoms with van der Waals surface area (Å²) >= 11 is 0. The normalized spacial score (nSPS) is 15.9. The molecular formula is C24H34F3N7O. The number of fused-ring (bicyclic) bond motifs is 1. The zero-order valence-corrected chi connectivity index (χ0v) is 20.1. The summed E-state index contributed by atoms with van der Waals surface area (Å²) in [5, 5.41) is 22.8. The molecule has 1 fully saturated rings. The summed E-state index contributed by atoms with van der Waals surface area (Å²) in [5.74, 6) is -0.772. The first-order valence-electron chi connectivity index (χ1n) is 11.9. The molecule has 1 aromatic heterocycles. The zero-order chi connectivity index (χ0) is 25.6. The number of rotatable bonds is 7. The Hall–Kier alpha value is -3.08. The number of amides is 1. The van der Waals surface area contributed by atoms with E-state index < -0.39 is 24.5 Å². The lowest BCUT2D eigenvalue weighted by Gasteiger charge is -2.36. The first kappa shape index (κ1) is 26.5. The van der Waals surface area contributed by atoms with E-state index in [-0.39, 0.29) is 38.2 Å². The van der Waals surface area contributed by atoms with Gasteiger partial charge in [0.05, 0.1) is 6.54 Å². The maximum absolute atomic E-state index is 12.8. The van der Waals surface area contributed by atoms with E-state index >= 15 is 0 Å². The summed E-state index contributed by atoms with van der Waals surface area (Å²) in [5.41, 5.74) is 2.10. The van der Waals surface area contributed by atoms with E-state index in [0.29, 0.717) is 12.3 Å². The lowest BCUT2D eigenvalue weighted by Crippen LogP contribution is -2.56. The minimum absolute atomic E-state index is 0.158. The molecule has 2 heterocycles. The molecule has 1 aliphatic heterocycles. The van der Waals surface area contributed by atoms with E-state index in [9.17, 15) is 18.0 Å². The minimum atomic E-state index is -4.26. The third-order valence-electron chi connectivity index (χ3n) is 6.13. The highest BCUT2D eigenvalue weighted by Gasteiger charge is 2.32. The summed E-state index contributed by atoms with van der Waals surface area (Å²) in [4.78, 5) is 18.8. The largest absolute Gasteiger partial charge is 0.401 e. The SMILES string of the molecule is CC(C)CCC(Cc1c[nH]c2ccccc12)NC(=O)C(=N)NC(=N)N1CCN(CC(F)(F)F)CC1. The number of guanidine groups is 1. The number of nitrogens with one attached hydrogen (secondary N) is 5. The van der Waals surface area contributed by atoms with Gasteiger partial charge in [-0.05, 0) is 36.8 Å². The third kappa shape index (κ3) is 7.98. The molecule has 11 heteroatoms. The van der Waals surface area contributed by atoms with Gasteiger partial charge in [0.2, 0.25) is 0 Å². The van der Waals surface area contributed by atoms with Gasteiger partial charge < -0.3 is 20.5 Å². The molecule has 1 amide bonds. The molecule has 5 N–H and O–H groups in total. The number of carbonyl (C=O) groups is 1. The number of aromatic amines is 1. The van der Waals surface area contributed by atoms with Gasteiger partial charge in [-0.25, -0.2) is 0 Å². The molecule has 2 aromatic rings. The third-order valence-corrected chi connectivity index (χ3v) is 6.13. The van der Waals surface area contributed by atoms with Crippen molar-refractivity contribution in [1.29, 1.82) is 10.8 Å². The van der Waals surface area contributed by atoms with Gasteiger partial charge in [0.1, 0.15) is 0 Å². The van der Waals surface area contributed by atoms with Gasteiger partial charge in [-0.2, -0.15) is 13.2 Å². The quantitative estimate of drug-likeness (QED) is 0.301. The lowest BCUT2D eigenvalue weighted by atomic mass is 9.97. The van der Waals surface area contributed by atoms with Gasteiger partial charge in [-0.3, -0.25) is 20.5 Å². The summed E-state index contributed by atoms with van der Waals surface area (Å²) in [6.07, 6.45) is -0.0565. The van der Waals surface area contributed by atoms with Crippen molar-refractivity contribution in [3.63, 3.8) is 0 Å². The second-order valence-electron chi connectivity index (χ2n) is 9.43. The molecule has 0 saturated carbocycles. The highest BCUT2D eigenvalue weighted by molar-refractivity contribution is 6.39. The smallest absolute Gasteiger partial charge is 0.361 e. The van der Waals surface area contributed by atoms with E-state index in [1.807, 2.05) is 30.5 Å². The molecule has 0 radical (unpaired) electrons. The van der Waals surface area contributed by atoms with Crippen LogP contribution in [0.25, 0.3) is 10.9 Å². The Bertz CT molecular complexity index is 1030. The number of hydrogen-bond acceptors (Lipinski definition) is 4. The van der Waals surface area contributed by atoms with Crippen molar-refractivity contribution in [2.75, 3.05) is 32.7 Å². The Morgan fingerprint density at radius 2 is 1.80 bits per heavy atom. The van der Waals surface area contributed by atoms with Crippen molar-refractivity contribution in [2.24, 2.45) is 5.92 Å². The number of benzene rings is 1. The number of hydrogen-bond donors (Lipinski definition) is 5. The summed E-state index contributed by atoms with van der Waals surface area (Å²) < 4.78 is 37.7. The van der Waals surface area contributed by atoms with Gasteiger partial charge in [-0.15, -0.1) is 0 Å². The standard InChI is InChI=1S/C24H34F3N7O/c1-16(2)7-8-18(13-17-14-30-20-6-4-3-5-19(17)20)31-22(35)21(28)32-23(29)34-11-9-33(10-12-34)15-24(25,26)27/h3-6,14,16,18,30H,7-13,15H2,1-2H3,(H,31,35)(H3,28,29,32). The zero-order valence-electron chi connectivity index (χ0n) is 20.1. The topological polar surface area (TPSA) is 111 Å². The molecule has 0 aliphatic carbocycles. The van der Waals surface area contributed by atoms with Gasteiger partial charge >= 0.3 is 6.18 Å². The van der Waals surface area contributed by atoms with Crippen LogP contribution in [0.4, 0.5) is 13.2 Å². The molecule has 1 unspecified atom stereocenters. The fraction of sp³-hybridized carbons (Fsp3) is 0.542. The summed E-state index contributed by atoms with van der Waals surface area (Å²) in [6.45, 7) is 4.00. The molecule has 1 saturated heterocycles. The van der Waals surface area contributed by atoms with Crippen LogP contribution < -0.4 is 10.6 Å². The Balaban J connectivity index is 1.54. The average Bonchev–Trinajstić information content (AvgIpc) is 3.19. The van der Waals surface area contributed by atoms with Crippen molar-refractivity contribution < 1.29 is 18.0 Å². The van der Waals surface area contributed by atoms with E-state index in [2.05, 4.69) is 29.5 Å². The Morgan fingerprint density at radius 3 is 2.46 bits per heavy atom. The van der Waals surface area contributed by atoms with E-state index in [0.717, 1.165) is 29.3 Å². The number of para-hydroxylation sites is 1. The summed E-state index contributed by atoms with van der Waals surface area (Å²) in [6, 6.07) is 7.76. The van der Waals surface area contributed by atoms with Crippen molar-refractivity contribution in [3.8, 4) is 0 Å². The fourth-order valence-electron chi connectivity index (χ4n) is 4.22. The second kappa shape index (κ2) is 11.6. The van der Waals surface area contributed by atoms with E-state index in [4.69, 9.17) is 10.8 Å². The Kier molecular flexibility index (Phi) is 8.76. The molecule has 1 atom stereocenters. The number of carbonyl (C=O) groups excluding carboxylic acids is 1. The predicted octanol–water partition coefficient (Wildman–Crippen LogP) is 3.31. The number of piperazine rings is 1. The van der Waals surface area contributed by atoms with Crippen molar-refractivity contribution >= 4 is 28.6 Å². The number of aromatic nitrogens is 1. The van der Waals surface area contributed by atoms with Gasteiger partial charge in [0.25, 0.3) is 5.91 Å². The lowest BCUT2D eigenvalue weighted by molar-refractivity contribution is -0.148. The highest BCUT2D eigenvalue weighted by atomic mass is 19.4. The van der Waals surface area contributed by atoms with Crippen LogP contribution in [0.1, 0.15) is 32.3 Å². The van der Waals surface area contributed by atoms with Crippen LogP contribution in [-0.2, 0) is 11.2 Å². The highest BCUT2D eigenvalue weighted by Crippen LogP contribution is 2.21. The van der Waals surface area contributed by atoms with E-state index in [1.165, 1.54) is 9.80 Å². The van der Waals surface area contributed by atoms with Crippen molar-refractivity contribution in [2.45, 2.75) is 45.3 Å². The van der Waals surface area contributed by atoms with Crippen LogP contribution in [0, 0.1) is 16.7 Å². The van der Waals surface area contributed by atoms with Crippen molar-refractivity contribution in [1.82, 2.24) is 25.4 Å². The minimum Gasteiger partial charge on any atom is -0.361 e. The molecule has 1 aliphatic rings. The molecular weight excluding hydrogens is 459 g/mol. The molecule has 1 aromatic carbocycles. The summed E-state index contributed by atoms with van der Waals surface area (Å²) in [7, 11) is 0. The van der Waals surface area contributed by atoms with Crippen LogP contribution >= 0.6 is 0 Å². The van der Waals surface area contributed by atoms with Crippen molar-refractivity contribution in [3.05, 3.63) is 36.0 Å². The van der Waals surface area contributed by atoms with E-state index in [1.54, 1.807) is 0 Å². The maximum Gasteiger partial charge on any atom is 0.401 e. The first-order valence-corrected chi connectivity index (χ1v) is 11.9. The van der Waals surface area contributed by atoms with Crippen LogP contribution in [0.3, 0.4) is 0 Å². The fourth-order valence-corrected chi connectivity index (χ4v) is 4.22.